The number of hydrazine groups is 1. The molecule has 3 aliphatic rings. The van der Waals surface area contributed by atoms with Crippen LogP contribution in [0.2, 0.25) is 0 Å². The number of aliphatic imine (C=N–C) groups is 1. The highest BCUT2D eigenvalue weighted by atomic mass is 16.5. The van der Waals surface area contributed by atoms with Gasteiger partial charge in [-0.25, -0.2) is 5.43 Å². The molecule has 0 saturated carbocycles. The summed E-state index contributed by atoms with van der Waals surface area (Å²) in [4.78, 5) is 64.2. The molecule has 6 rings (SSSR count). The molecular formula is C55H75N7O7. The van der Waals surface area contributed by atoms with Crippen molar-refractivity contribution in [2.45, 2.75) is 124 Å². The van der Waals surface area contributed by atoms with Gasteiger partial charge in [0, 0.05) is 67.8 Å². The molecule has 14 nitrogen and oxygen atoms in total. The third-order valence-electron chi connectivity index (χ3n) is 13.9. The highest BCUT2D eigenvalue weighted by molar-refractivity contribution is 5.96. The van der Waals surface area contributed by atoms with E-state index in [1.54, 1.807) is 18.2 Å². The number of nitrogens with zero attached hydrogens (tertiary/aromatic N) is 5. The van der Waals surface area contributed by atoms with Crippen LogP contribution in [0.1, 0.15) is 92.0 Å². The number of nitrogens with one attached hydrogen (secondary N) is 2. The number of aromatic nitrogens is 1. The first kappa shape index (κ1) is 52.8. The minimum Gasteiger partial charge on any atom is -0.464 e. The standard InChI is InChI=1S/C55H75N7O7/c1-14-41(49(56-15-2)36(6)67-13)50-43-30-54(7,8)34-69-53(66)45-21-18-26-62(58-45)52(65)46(28-37-19-17-20-38(27-37)39-22-23-47(42(43)29-39)61(50)16-3)57-51(64)44(35(4)5)33-68-40-31-60(32-40)48(63)24-25-55(9,10)59(11)12/h14-15,17,19-20,22-23,27,29,35-36,40,44-46,58H,1,16,18,21,26,28,30-34H2,2-13H3,(H,57,64)/b49-41+,56-15?/t36-,44?,45-,46-/m0/s1. The second-order valence-corrected chi connectivity index (χ2v) is 20.5. The topological polar surface area (TPSA) is 147 Å². The number of hydrogen-bond acceptors (Lipinski definition) is 10. The lowest BCUT2D eigenvalue weighted by Crippen LogP contribution is -2.61. The number of rotatable bonds is 13. The highest BCUT2D eigenvalue weighted by Gasteiger charge is 2.38. The van der Waals surface area contributed by atoms with E-state index in [-0.39, 0.29) is 55.5 Å². The van der Waals surface area contributed by atoms with Crippen molar-refractivity contribution in [3.63, 3.8) is 0 Å². The van der Waals surface area contributed by atoms with Gasteiger partial charge in [-0.1, -0.05) is 76.6 Å². The Morgan fingerprint density at radius 2 is 1.84 bits per heavy atom. The van der Waals surface area contributed by atoms with E-state index in [1.165, 1.54) is 5.01 Å². The number of amides is 3. The maximum atomic E-state index is 14.7. The molecule has 3 amide bonds. The van der Waals surface area contributed by atoms with E-state index >= 15 is 0 Å². The zero-order chi connectivity index (χ0) is 50.4. The zero-order valence-corrected chi connectivity index (χ0v) is 43.0. The molecule has 0 spiro atoms. The van der Waals surface area contributed by atoms with E-state index in [0.717, 1.165) is 50.1 Å². The van der Waals surface area contributed by atoms with Crippen LogP contribution >= 0.6 is 0 Å². The van der Waals surface area contributed by atoms with Gasteiger partial charge in [-0.2, -0.15) is 0 Å². The summed E-state index contributed by atoms with van der Waals surface area (Å²) in [6, 6.07) is 12.9. The number of carbonyl (C=O) groups excluding carboxylic acids is 4. The van der Waals surface area contributed by atoms with Crippen LogP contribution in [-0.4, -0.2) is 133 Å². The van der Waals surface area contributed by atoms with E-state index in [1.807, 2.05) is 78.7 Å². The lowest BCUT2D eigenvalue weighted by atomic mass is 9.84. The number of esters is 1. The minimum atomic E-state index is -0.968. The molecule has 2 aromatic carbocycles. The quantitative estimate of drug-likeness (QED) is 0.0814. The summed E-state index contributed by atoms with van der Waals surface area (Å²) in [5.74, 6) is 3.77. The van der Waals surface area contributed by atoms with Gasteiger partial charge < -0.3 is 29.0 Å². The van der Waals surface area contributed by atoms with Crippen LogP contribution in [0.25, 0.3) is 27.6 Å². The number of carbonyl (C=O) groups is 4. The van der Waals surface area contributed by atoms with Crippen LogP contribution in [0.5, 0.6) is 0 Å². The zero-order valence-electron chi connectivity index (χ0n) is 43.0. The first-order chi connectivity index (χ1) is 32.7. The summed E-state index contributed by atoms with van der Waals surface area (Å²) < 4.78 is 20.5. The van der Waals surface area contributed by atoms with Crippen molar-refractivity contribution in [2.75, 3.05) is 54.1 Å². The van der Waals surface area contributed by atoms with Gasteiger partial charge in [0.25, 0.3) is 11.8 Å². The van der Waals surface area contributed by atoms with Crippen LogP contribution < -0.4 is 10.7 Å². The smallest absolute Gasteiger partial charge is 0.324 e. The Hall–Kier alpha value is -5.59. The number of ether oxygens (including phenoxy) is 3. The van der Waals surface area contributed by atoms with E-state index < -0.39 is 34.9 Å². The maximum Gasteiger partial charge on any atom is 0.324 e. The molecule has 1 aromatic heterocycles. The van der Waals surface area contributed by atoms with E-state index in [9.17, 15) is 19.2 Å². The van der Waals surface area contributed by atoms with Crippen molar-refractivity contribution in [1.29, 1.82) is 0 Å². The van der Waals surface area contributed by atoms with Crippen LogP contribution in [0.3, 0.4) is 0 Å². The average Bonchev–Trinajstić information content (AvgIpc) is 3.60. The fourth-order valence-corrected chi connectivity index (χ4v) is 9.10. The first-order valence-electron chi connectivity index (χ1n) is 24.5. The Labute approximate surface area is 409 Å². The molecule has 2 fully saturated rings. The number of benzene rings is 2. The number of likely N-dealkylation sites (tertiary alicyclic amines) is 1. The van der Waals surface area contributed by atoms with Gasteiger partial charge in [0.2, 0.25) is 5.91 Å². The molecule has 2 saturated heterocycles. The molecule has 1 unspecified atom stereocenters. The summed E-state index contributed by atoms with van der Waals surface area (Å²) in [7, 11) is 5.52. The summed E-state index contributed by atoms with van der Waals surface area (Å²) >= 11 is 0. The van der Waals surface area contributed by atoms with Gasteiger partial charge in [0.05, 0.1) is 48.3 Å². The number of aryl methyl sites for hydroxylation is 1. The molecule has 0 aliphatic carbocycles. The van der Waals surface area contributed by atoms with Gasteiger partial charge in [-0.3, -0.25) is 34.1 Å². The Morgan fingerprint density at radius 1 is 1.12 bits per heavy atom. The number of fused-ring (bicyclic) bond motifs is 6. The number of hydrogen-bond donors (Lipinski definition) is 2. The average molecular weight is 946 g/mol. The lowest BCUT2D eigenvalue weighted by molar-refractivity contribution is -0.155. The van der Waals surface area contributed by atoms with Crippen LogP contribution in [0, 0.1) is 29.1 Å². The van der Waals surface area contributed by atoms with Crippen molar-refractivity contribution in [3.05, 3.63) is 77.6 Å². The van der Waals surface area contributed by atoms with E-state index in [2.05, 4.69) is 84.8 Å². The first-order valence-corrected chi connectivity index (χ1v) is 24.5. The Balaban J connectivity index is 1.35. The van der Waals surface area contributed by atoms with Gasteiger partial charge >= 0.3 is 5.97 Å². The summed E-state index contributed by atoms with van der Waals surface area (Å²) in [5.41, 5.74) is 9.80. The fraction of sp³-hybridized carbons (Fsp3) is 0.545. The molecule has 4 heterocycles. The van der Waals surface area contributed by atoms with Crippen molar-refractivity contribution in [2.24, 2.45) is 22.2 Å². The minimum absolute atomic E-state index is 0.118. The number of cyclic esters (lactones) is 1. The van der Waals surface area contributed by atoms with E-state index in [0.29, 0.717) is 45.4 Å². The molecule has 4 atom stereocenters. The van der Waals surface area contributed by atoms with Gasteiger partial charge in [0.15, 0.2) is 0 Å². The molecule has 0 radical (unpaired) electrons. The molecule has 3 aromatic rings. The predicted molar refractivity (Wildman–Crippen MR) is 273 cm³/mol. The molecular weight excluding hydrogens is 871 g/mol. The highest BCUT2D eigenvalue weighted by Crippen LogP contribution is 2.40. The summed E-state index contributed by atoms with van der Waals surface area (Å²) in [5, 5.41) is 5.66. The van der Waals surface area contributed by atoms with Crippen molar-refractivity contribution >= 4 is 46.4 Å². The van der Waals surface area contributed by atoms with Gasteiger partial charge in [-0.15, -0.1) is 0 Å². The van der Waals surface area contributed by atoms with Crippen molar-refractivity contribution in [1.82, 2.24) is 30.1 Å². The Bertz CT molecular complexity index is 2520. The second kappa shape index (κ2) is 22.4. The Morgan fingerprint density at radius 3 is 2.49 bits per heavy atom. The normalized spacial score (nSPS) is 20.4. The molecule has 2 N–H and O–H groups in total. The number of methoxy groups -OCH3 is 1. The SMILES string of the molecule is C=C/C(=C(\N=CC)[C@H](C)OC)c1c2c3cc(ccc3n1CC)-c1cccc(c1)C[C@H](NC(=O)C(COC1CN(C(=O)C#CC(C)(C)N(C)C)C1)C(C)C)C(=O)N1CCC[C@H](N1)C(=O)OCC(C)(C)C2. The van der Waals surface area contributed by atoms with E-state index in [4.69, 9.17) is 19.2 Å². The molecule has 6 bridgehead atoms. The maximum absolute atomic E-state index is 14.7. The third kappa shape index (κ3) is 12.2. The van der Waals surface area contributed by atoms with Crippen molar-refractivity contribution < 1.29 is 33.4 Å². The largest absolute Gasteiger partial charge is 0.464 e. The predicted octanol–water partition coefficient (Wildman–Crippen LogP) is 6.84. The molecule has 14 heteroatoms. The van der Waals surface area contributed by atoms with Crippen LogP contribution in [0.4, 0.5) is 0 Å². The lowest BCUT2D eigenvalue weighted by Gasteiger charge is -2.39. The Kier molecular flexibility index (Phi) is 17.2. The summed E-state index contributed by atoms with van der Waals surface area (Å²) in [6.45, 7) is 24.4. The molecule has 372 valence electrons. The molecule has 3 aliphatic heterocycles. The van der Waals surface area contributed by atoms with Crippen LogP contribution in [-0.2, 0) is 52.8 Å². The third-order valence-corrected chi connectivity index (χ3v) is 13.9. The van der Waals surface area contributed by atoms with Gasteiger partial charge in [0.1, 0.15) is 12.1 Å². The molecule has 69 heavy (non-hydrogen) atoms. The second-order valence-electron chi connectivity index (χ2n) is 20.5. The monoisotopic (exact) mass is 946 g/mol. The van der Waals surface area contributed by atoms with Crippen LogP contribution in [0.15, 0.2) is 65.8 Å². The van der Waals surface area contributed by atoms with Crippen molar-refractivity contribution in [3.8, 4) is 23.0 Å². The van der Waals surface area contributed by atoms with Gasteiger partial charge in [-0.05, 0) is 114 Å². The number of allylic oxidation sites excluding steroid dienone is 2. The summed E-state index contributed by atoms with van der Waals surface area (Å²) in [6.07, 6.45) is 4.92. The fourth-order valence-electron chi connectivity index (χ4n) is 9.10.